The predicted molar refractivity (Wildman–Crippen MR) is 76.2 cm³/mol. The fourth-order valence-corrected chi connectivity index (χ4v) is 1.79. The van der Waals surface area contributed by atoms with Crippen LogP contribution in [0.3, 0.4) is 0 Å². The number of nitrogens with zero attached hydrogens (tertiary/aromatic N) is 1. The topological polar surface area (TPSA) is 71.7 Å². The number of hydrogen-bond acceptors (Lipinski definition) is 3. The Morgan fingerprint density at radius 2 is 2.14 bits per heavy atom. The largest absolute Gasteiger partial charge is 0.417 e. The van der Waals surface area contributed by atoms with E-state index in [0.29, 0.717) is 6.61 Å². The van der Waals surface area contributed by atoms with Crippen molar-refractivity contribution < 1.29 is 17.9 Å². The van der Waals surface area contributed by atoms with Crippen LogP contribution in [0.2, 0.25) is 5.02 Å². The first-order valence-corrected chi connectivity index (χ1v) is 6.32. The number of anilines is 1. The van der Waals surface area contributed by atoms with Gasteiger partial charge in [0.15, 0.2) is 0 Å². The highest BCUT2D eigenvalue weighted by atomic mass is 35.5. The first-order chi connectivity index (χ1) is 9.77. The van der Waals surface area contributed by atoms with Gasteiger partial charge in [-0.2, -0.15) is 13.2 Å². The maximum atomic E-state index is 12.8. The van der Waals surface area contributed by atoms with E-state index in [1.165, 1.54) is 13.2 Å². The molecule has 1 aromatic rings. The minimum Gasteiger partial charge on any atom is -0.382 e. The minimum atomic E-state index is -4.54. The zero-order valence-corrected chi connectivity index (χ0v) is 12.2. The van der Waals surface area contributed by atoms with Crippen molar-refractivity contribution in [3.8, 4) is 0 Å². The number of alkyl halides is 3. The second-order valence-corrected chi connectivity index (χ2v) is 4.65. The third kappa shape index (κ3) is 5.41. The lowest BCUT2D eigenvalue weighted by Crippen LogP contribution is -2.37. The molecule has 9 heteroatoms. The Balaban J connectivity index is 2.96. The molecule has 0 aliphatic carbocycles. The molecule has 0 saturated heterocycles. The van der Waals surface area contributed by atoms with E-state index in [1.54, 1.807) is 6.92 Å². The van der Waals surface area contributed by atoms with Crippen molar-refractivity contribution in [2.75, 3.05) is 19.0 Å². The number of rotatable bonds is 4. The number of benzene rings is 1. The van der Waals surface area contributed by atoms with Crippen LogP contribution in [0.25, 0.3) is 0 Å². The molecule has 0 amide bonds. The van der Waals surface area contributed by atoms with Crippen molar-refractivity contribution in [1.82, 2.24) is 5.43 Å². The lowest BCUT2D eigenvalue weighted by atomic mass is 10.2. The Hall–Kier alpha value is -1.51. The third-order valence-electron chi connectivity index (χ3n) is 2.43. The number of halogens is 4. The molecule has 1 aromatic carbocycles. The number of aliphatic imine (C=N–C) groups is 1. The first kappa shape index (κ1) is 17.5. The van der Waals surface area contributed by atoms with Crippen LogP contribution >= 0.6 is 11.6 Å². The zero-order valence-electron chi connectivity index (χ0n) is 11.5. The normalized spacial score (nSPS) is 14.0. The molecular weight excluding hydrogens is 309 g/mol. The van der Waals surface area contributed by atoms with Crippen molar-refractivity contribution in [3.63, 3.8) is 0 Å². The SMILES string of the molecule is COCC(C)N=C(NN)Nc1ccc(Cl)c(C(F)(F)F)c1. The molecule has 0 radical (unpaired) electrons. The molecule has 4 N–H and O–H groups in total. The zero-order chi connectivity index (χ0) is 16.0. The van der Waals surface area contributed by atoms with Gasteiger partial charge in [-0.3, -0.25) is 5.43 Å². The molecule has 5 nitrogen and oxygen atoms in total. The number of nitrogens with two attached hydrogens (primary N) is 1. The van der Waals surface area contributed by atoms with Gasteiger partial charge in [0.1, 0.15) is 0 Å². The van der Waals surface area contributed by atoms with E-state index in [9.17, 15) is 13.2 Å². The van der Waals surface area contributed by atoms with E-state index in [-0.39, 0.29) is 22.7 Å². The maximum Gasteiger partial charge on any atom is 0.417 e. The molecule has 1 atom stereocenters. The third-order valence-corrected chi connectivity index (χ3v) is 2.76. The Morgan fingerprint density at radius 3 is 2.67 bits per heavy atom. The van der Waals surface area contributed by atoms with E-state index in [1.807, 2.05) is 0 Å². The van der Waals surface area contributed by atoms with Gasteiger partial charge in [-0.15, -0.1) is 0 Å². The molecule has 0 fully saturated rings. The highest BCUT2D eigenvalue weighted by Gasteiger charge is 2.33. The van der Waals surface area contributed by atoms with Gasteiger partial charge in [-0.1, -0.05) is 11.6 Å². The molecule has 0 aromatic heterocycles. The molecule has 1 unspecified atom stereocenters. The summed E-state index contributed by atoms with van der Waals surface area (Å²) in [6.45, 7) is 2.12. The van der Waals surface area contributed by atoms with Gasteiger partial charge in [-0.05, 0) is 25.1 Å². The van der Waals surface area contributed by atoms with Gasteiger partial charge >= 0.3 is 6.18 Å². The number of methoxy groups -OCH3 is 1. The molecule has 118 valence electrons. The van der Waals surface area contributed by atoms with E-state index in [2.05, 4.69) is 15.7 Å². The molecule has 0 aliphatic heterocycles. The van der Waals surface area contributed by atoms with Crippen molar-refractivity contribution >= 4 is 23.2 Å². The number of hydrazine groups is 1. The number of hydrogen-bond donors (Lipinski definition) is 3. The lowest BCUT2D eigenvalue weighted by Gasteiger charge is -2.14. The number of ether oxygens (including phenoxy) is 1. The van der Waals surface area contributed by atoms with Crippen LogP contribution in [0.4, 0.5) is 18.9 Å². The Labute approximate surface area is 125 Å². The fourth-order valence-electron chi connectivity index (χ4n) is 1.56. The summed E-state index contributed by atoms with van der Waals surface area (Å²) in [5, 5.41) is 2.28. The molecule has 0 aliphatic rings. The van der Waals surface area contributed by atoms with E-state index in [4.69, 9.17) is 22.2 Å². The summed E-state index contributed by atoms with van der Waals surface area (Å²) < 4.78 is 43.2. The lowest BCUT2D eigenvalue weighted by molar-refractivity contribution is -0.137. The fraction of sp³-hybridized carbons (Fsp3) is 0.417. The molecule has 0 bridgehead atoms. The quantitative estimate of drug-likeness (QED) is 0.344. The standard InChI is InChI=1S/C12H16ClF3N4O/c1-7(6-21-2)18-11(20-17)19-8-3-4-10(13)9(5-8)12(14,15)16/h3-5,7H,6,17H2,1-2H3,(H2,18,19,20). The summed E-state index contributed by atoms with van der Waals surface area (Å²) >= 11 is 5.54. The van der Waals surface area contributed by atoms with Gasteiger partial charge < -0.3 is 10.1 Å². The van der Waals surface area contributed by atoms with Crippen molar-refractivity contribution in [2.45, 2.75) is 19.1 Å². The summed E-state index contributed by atoms with van der Waals surface area (Å²) in [4.78, 5) is 4.12. The molecule has 21 heavy (non-hydrogen) atoms. The average Bonchev–Trinajstić information content (AvgIpc) is 2.39. The van der Waals surface area contributed by atoms with Gasteiger partial charge in [-0.25, -0.2) is 10.8 Å². The predicted octanol–water partition coefficient (Wildman–Crippen LogP) is 2.62. The van der Waals surface area contributed by atoms with Crippen molar-refractivity contribution in [1.29, 1.82) is 0 Å². The highest BCUT2D eigenvalue weighted by molar-refractivity contribution is 6.31. The smallest absolute Gasteiger partial charge is 0.382 e. The van der Waals surface area contributed by atoms with Crippen LogP contribution in [0, 0.1) is 0 Å². The number of guanidine groups is 1. The van der Waals surface area contributed by atoms with E-state index < -0.39 is 11.7 Å². The molecule has 0 heterocycles. The Bertz CT molecular complexity index is 508. The van der Waals surface area contributed by atoms with Crippen LogP contribution in [0.1, 0.15) is 12.5 Å². The van der Waals surface area contributed by atoms with E-state index in [0.717, 1.165) is 12.1 Å². The molecule has 0 saturated carbocycles. The van der Waals surface area contributed by atoms with Gasteiger partial charge in [0.25, 0.3) is 0 Å². The van der Waals surface area contributed by atoms with Crippen LogP contribution in [-0.4, -0.2) is 25.7 Å². The number of nitrogens with one attached hydrogen (secondary N) is 2. The second kappa shape index (κ2) is 7.48. The summed E-state index contributed by atoms with van der Waals surface area (Å²) in [6.07, 6.45) is -4.54. The summed E-state index contributed by atoms with van der Waals surface area (Å²) in [5.74, 6) is 5.41. The second-order valence-electron chi connectivity index (χ2n) is 4.24. The van der Waals surface area contributed by atoms with Crippen LogP contribution < -0.4 is 16.6 Å². The van der Waals surface area contributed by atoms with Gasteiger partial charge in [0, 0.05) is 12.8 Å². The van der Waals surface area contributed by atoms with Gasteiger partial charge in [0.2, 0.25) is 5.96 Å². The first-order valence-electron chi connectivity index (χ1n) is 5.95. The molecular formula is C12H16ClF3N4O. The monoisotopic (exact) mass is 324 g/mol. The summed E-state index contributed by atoms with van der Waals surface area (Å²) in [7, 11) is 1.52. The average molecular weight is 325 g/mol. The maximum absolute atomic E-state index is 12.8. The molecule has 0 spiro atoms. The summed E-state index contributed by atoms with van der Waals surface area (Å²) in [6, 6.07) is 3.21. The van der Waals surface area contributed by atoms with Gasteiger partial charge in [0.05, 0.1) is 23.2 Å². The Morgan fingerprint density at radius 1 is 1.48 bits per heavy atom. The minimum absolute atomic E-state index is 0.120. The van der Waals surface area contributed by atoms with Crippen LogP contribution in [-0.2, 0) is 10.9 Å². The van der Waals surface area contributed by atoms with Crippen LogP contribution in [0.5, 0.6) is 0 Å². The summed E-state index contributed by atoms with van der Waals surface area (Å²) in [5.41, 5.74) is 1.51. The Kier molecular flexibility index (Phi) is 6.25. The van der Waals surface area contributed by atoms with Crippen molar-refractivity contribution in [2.24, 2.45) is 10.8 Å². The molecule has 1 rings (SSSR count). The van der Waals surface area contributed by atoms with E-state index >= 15 is 0 Å². The highest BCUT2D eigenvalue weighted by Crippen LogP contribution is 2.36. The van der Waals surface area contributed by atoms with Crippen molar-refractivity contribution in [3.05, 3.63) is 28.8 Å². The van der Waals surface area contributed by atoms with Crippen LogP contribution in [0.15, 0.2) is 23.2 Å².